The van der Waals surface area contributed by atoms with Crippen LogP contribution in [-0.4, -0.2) is 6.98 Å². The molecule has 0 unspecified atom stereocenters. The van der Waals surface area contributed by atoms with Crippen molar-refractivity contribution < 1.29 is 12.9 Å². The van der Waals surface area contributed by atoms with Gasteiger partial charge in [-0.25, -0.2) is 0 Å². The van der Waals surface area contributed by atoms with Crippen molar-refractivity contribution >= 4 is 6.98 Å². The molecule has 4 heteroatoms. The predicted molar refractivity (Wildman–Crippen MR) is 54.3 cm³/mol. The maximum Gasteiger partial charge on any atom is 0.481 e. The molecule has 0 heterocycles. The smallest absolute Gasteiger partial charge is 0.449 e. The fourth-order valence-corrected chi connectivity index (χ4v) is 2.56. The molecule has 1 saturated carbocycles. The highest BCUT2D eigenvalue weighted by atomic mass is 19.4. The molecule has 0 spiro atoms. The van der Waals surface area contributed by atoms with Crippen molar-refractivity contribution in [2.45, 2.75) is 57.7 Å². The Morgan fingerprint density at radius 1 is 1.14 bits per heavy atom. The van der Waals surface area contributed by atoms with Crippen LogP contribution in [0.25, 0.3) is 0 Å². The second-order valence-electron chi connectivity index (χ2n) is 4.48. The maximum absolute atomic E-state index is 12.7. The van der Waals surface area contributed by atoms with E-state index in [-0.39, 0.29) is 5.92 Å². The molecule has 0 aromatic rings. The fraction of sp³-hybridized carbons (Fsp3) is 1.00. The second-order valence-corrected chi connectivity index (χ2v) is 4.48. The lowest BCUT2D eigenvalue weighted by Gasteiger charge is -2.38. The van der Waals surface area contributed by atoms with Crippen LogP contribution >= 0.6 is 0 Å². The Kier molecular flexibility index (Phi) is 4.33. The van der Waals surface area contributed by atoms with Gasteiger partial charge in [0.1, 0.15) is 0 Å². The van der Waals surface area contributed by atoms with E-state index in [1.54, 1.807) is 0 Å². The van der Waals surface area contributed by atoms with E-state index < -0.39 is 12.8 Å². The lowest BCUT2D eigenvalue weighted by atomic mass is 9.58. The first-order valence-corrected chi connectivity index (χ1v) is 5.75. The molecule has 0 bridgehead atoms. The number of rotatable bonds is 4. The average molecular weight is 207 g/mol. The first-order valence-electron chi connectivity index (χ1n) is 5.75. The normalized spacial score (nSPS) is 29.1. The van der Waals surface area contributed by atoms with Gasteiger partial charge in [0.15, 0.2) is 0 Å². The minimum atomic E-state index is -4.59. The summed E-state index contributed by atoms with van der Waals surface area (Å²) in [6.45, 7) is -2.56. The molecule has 84 valence electrons. The summed E-state index contributed by atoms with van der Waals surface area (Å²) in [7, 11) is 0. The SMILES string of the molecule is CCCC[C@@H]1CCCC[C@H]1[B-](F)(F)F. The number of unbranched alkanes of at least 4 members (excludes halogenated alkanes) is 1. The van der Waals surface area contributed by atoms with Gasteiger partial charge < -0.3 is 12.9 Å². The minimum absolute atomic E-state index is 0.0660. The predicted octanol–water partition coefficient (Wildman–Crippen LogP) is 4.58. The van der Waals surface area contributed by atoms with Gasteiger partial charge in [0.25, 0.3) is 0 Å². The van der Waals surface area contributed by atoms with Crippen molar-refractivity contribution in [1.29, 1.82) is 0 Å². The van der Waals surface area contributed by atoms with Gasteiger partial charge in [-0.3, -0.25) is 0 Å². The molecule has 14 heavy (non-hydrogen) atoms. The van der Waals surface area contributed by atoms with Crippen LogP contribution < -0.4 is 0 Å². The van der Waals surface area contributed by atoms with Crippen LogP contribution in [0.5, 0.6) is 0 Å². The van der Waals surface area contributed by atoms with Crippen LogP contribution in [0.4, 0.5) is 12.9 Å². The van der Waals surface area contributed by atoms with Crippen LogP contribution in [0.3, 0.4) is 0 Å². The molecule has 0 aromatic carbocycles. The van der Waals surface area contributed by atoms with E-state index in [0.29, 0.717) is 6.42 Å². The van der Waals surface area contributed by atoms with Crippen molar-refractivity contribution in [1.82, 2.24) is 0 Å². The molecule has 0 radical (unpaired) electrons. The van der Waals surface area contributed by atoms with Crippen molar-refractivity contribution in [3.63, 3.8) is 0 Å². The lowest BCUT2D eigenvalue weighted by Crippen LogP contribution is -2.32. The van der Waals surface area contributed by atoms with E-state index in [1.807, 2.05) is 6.92 Å². The zero-order valence-electron chi connectivity index (χ0n) is 8.82. The molecule has 1 aliphatic carbocycles. The van der Waals surface area contributed by atoms with Crippen LogP contribution in [0.2, 0.25) is 5.82 Å². The molecule has 0 nitrogen and oxygen atoms in total. The summed E-state index contributed by atoms with van der Waals surface area (Å²) in [5.41, 5.74) is 0. The Morgan fingerprint density at radius 3 is 2.36 bits per heavy atom. The van der Waals surface area contributed by atoms with E-state index in [4.69, 9.17) is 0 Å². The highest BCUT2D eigenvalue weighted by Gasteiger charge is 2.40. The zero-order valence-corrected chi connectivity index (χ0v) is 8.82. The molecule has 1 aliphatic rings. The van der Waals surface area contributed by atoms with Gasteiger partial charge in [-0.05, 0) is 0 Å². The minimum Gasteiger partial charge on any atom is -0.449 e. The van der Waals surface area contributed by atoms with Gasteiger partial charge in [0, 0.05) is 0 Å². The van der Waals surface area contributed by atoms with Crippen molar-refractivity contribution in [3.05, 3.63) is 0 Å². The highest BCUT2D eigenvalue weighted by molar-refractivity contribution is 6.60. The van der Waals surface area contributed by atoms with Gasteiger partial charge in [-0.2, -0.15) is 0 Å². The van der Waals surface area contributed by atoms with Gasteiger partial charge >= 0.3 is 6.98 Å². The Bertz CT molecular complexity index is 167. The van der Waals surface area contributed by atoms with Crippen LogP contribution in [-0.2, 0) is 0 Å². The Hall–Kier alpha value is -0.145. The third-order valence-corrected chi connectivity index (χ3v) is 3.38. The van der Waals surface area contributed by atoms with E-state index >= 15 is 0 Å². The Morgan fingerprint density at radius 2 is 1.79 bits per heavy atom. The summed E-state index contributed by atoms with van der Waals surface area (Å²) in [5, 5.41) is 0. The monoisotopic (exact) mass is 207 g/mol. The quantitative estimate of drug-likeness (QED) is 0.591. The topological polar surface area (TPSA) is 0 Å². The van der Waals surface area contributed by atoms with Crippen LogP contribution in [0, 0.1) is 5.92 Å². The maximum atomic E-state index is 12.7. The van der Waals surface area contributed by atoms with E-state index in [0.717, 1.165) is 38.5 Å². The molecular weight excluding hydrogens is 188 g/mol. The fourth-order valence-electron chi connectivity index (χ4n) is 2.56. The third kappa shape index (κ3) is 3.21. The molecule has 0 aromatic heterocycles. The first-order chi connectivity index (χ1) is 6.55. The lowest BCUT2D eigenvalue weighted by molar-refractivity contribution is 0.274. The number of hydrogen-bond donors (Lipinski definition) is 0. The molecule has 0 amide bonds. The summed E-state index contributed by atoms with van der Waals surface area (Å²) in [6, 6.07) is 0. The number of hydrogen-bond acceptors (Lipinski definition) is 0. The second kappa shape index (κ2) is 5.08. The van der Waals surface area contributed by atoms with Crippen LogP contribution in [0.1, 0.15) is 51.9 Å². The van der Waals surface area contributed by atoms with E-state index in [2.05, 4.69) is 0 Å². The highest BCUT2D eigenvalue weighted by Crippen LogP contribution is 2.45. The van der Waals surface area contributed by atoms with Crippen molar-refractivity contribution in [2.75, 3.05) is 0 Å². The summed E-state index contributed by atoms with van der Waals surface area (Å²) in [6.07, 6.45) is 5.69. The first kappa shape index (κ1) is 11.9. The van der Waals surface area contributed by atoms with Crippen molar-refractivity contribution in [3.8, 4) is 0 Å². The largest absolute Gasteiger partial charge is 0.481 e. The molecule has 0 saturated heterocycles. The Labute approximate surface area is 84.3 Å². The molecule has 2 atom stereocenters. The van der Waals surface area contributed by atoms with Gasteiger partial charge in [-0.15, -0.1) is 0 Å². The third-order valence-electron chi connectivity index (χ3n) is 3.38. The zero-order chi connectivity index (χ0) is 10.6. The molecule has 0 aliphatic heterocycles. The summed E-state index contributed by atoms with van der Waals surface area (Å²) in [4.78, 5) is 0. The Balaban J connectivity index is 2.50. The van der Waals surface area contributed by atoms with Crippen LogP contribution in [0.15, 0.2) is 0 Å². The van der Waals surface area contributed by atoms with E-state index in [9.17, 15) is 12.9 Å². The van der Waals surface area contributed by atoms with Crippen molar-refractivity contribution in [2.24, 2.45) is 5.92 Å². The summed E-state index contributed by atoms with van der Waals surface area (Å²) < 4.78 is 38.0. The standard InChI is InChI=1S/C10H19BF3/c1-2-3-6-9-7-4-5-8-10(9)11(12,13)14/h9-10H,2-8H2,1H3/q-1/t9-,10-/m1/s1. The summed E-state index contributed by atoms with van der Waals surface area (Å²) >= 11 is 0. The average Bonchev–Trinajstić information content (AvgIpc) is 2.14. The van der Waals surface area contributed by atoms with Gasteiger partial charge in [0.2, 0.25) is 0 Å². The van der Waals surface area contributed by atoms with Gasteiger partial charge in [-0.1, -0.05) is 63.6 Å². The van der Waals surface area contributed by atoms with Gasteiger partial charge in [0.05, 0.1) is 0 Å². The summed E-state index contributed by atoms with van der Waals surface area (Å²) in [5.74, 6) is -1.01. The van der Waals surface area contributed by atoms with E-state index in [1.165, 1.54) is 0 Å². The molecule has 1 fully saturated rings. The molecular formula is C10H19BF3-. The molecule has 0 N–H and O–H groups in total. The number of halogens is 3. The molecule has 1 rings (SSSR count).